The fraction of sp³-hybridized carbons (Fsp3) is 0.679. The third-order valence-corrected chi connectivity index (χ3v) is 15.7. The number of alkyl carbamates (subject to hydrolysis) is 1. The minimum atomic E-state index is -2.35. The van der Waals surface area contributed by atoms with E-state index in [1.807, 2.05) is 63.2 Å². The molecule has 3 aromatic rings. The van der Waals surface area contributed by atoms with Crippen molar-refractivity contribution < 1.29 is 72.1 Å². The van der Waals surface area contributed by atoms with Crippen molar-refractivity contribution in [3.05, 3.63) is 48.4 Å². The number of amides is 1. The lowest BCUT2D eigenvalue weighted by Crippen LogP contribution is -2.67. The summed E-state index contributed by atoms with van der Waals surface area (Å²) in [7, 11) is 5.20. The average Bonchev–Trinajstić information content (AvgIpc) is 3.92. The summed E-state index contributed by atoms with van der Waals surface area (Å²) in [6, 6.07) is 11.0. The molecule has 0 aliphatic carbocycles. The number of para-hydroxylation sites is 1. The van der Waals surface area contributed by atoms with E-state index < -0.39 is 113 Å². The fourth-order valence-electron chi connectivity index (χ4n) is 11.3. The smallest absolute Gasteiger partial charge is 0.410 e. The second-order valence-electron chi connectivity index (χ2n) is 21.2. The molecule has 72 heavy (non-hydrogen) atoms. The van der Waals surface area contributed by atoms with Gasteiger partial charge in [-0.25, -0.2) is 4.79 Å². The van der Waals surface area contributed by atoms with Crippen LogP contribution in [0, 0.1) is 35.5 Å². The van der Waals surface area contributed by atoms with Gasteiger partial charge in [0.1, 0.15) is 36.4 Å². The van der Waals surface area contributed by atoms with Gasteiger partial charge in [-0.2, -0.15) is 0 Å². The van der Waals surface area contributed by atoms with Gasteiger partial charge in [-0.05, 0) is 93.0 Å². The fourth-order valence-corrected chi connectivity index (χ4v) is 11.3. The number of rotatable bonds is 10. The van der Waals surface area contributed by atoms with Gasteiger partial charge in [-0.3, -0.25) is 19.9 Å². The molecule has 18 atom stereocenters. The SMILES string of the molecule is CC[C@H]1OC(=O)[C@H](C)[C@@H](OC2CC(C)(OC)C(O)C(C)O2)[C@H](C)[C@@H](O[C@@H]2O[C@H](C)C[C@H](N(C)C)[C@H]2O)[C@](C)(OCC#Cc2cc(-c3cnc4ccccc4c3)no2)C[C@@H](C)C(=O)[C@H](C)C2(O)NC(=O)O[C@]12C. The molecule has 2 aromatic heterocycles. The lowest BCUT2D eigenvalue weighted by atomic mass is 9.71. The second kappa shape index (κ2) is 21.7. The van der Waals surface area contributed by atoms with E-state index in [1.165, 1.54) is 21.0 Å². The molecule has 19 heteroatoms. The summed E-state index contributed by atoms with van der Waals surface area (Å²) in [6.07, 6.45) is -7.95. The maximum Gasteiger partial charge on any atom is 0.410 e. The van der Waals surface area contributed by atoms with Gasteiger partial charge in [0.15, 0.2) is 23.9 Å². The van der Waals surface area contributed by atoms with Gasteiger partial charge in [0.25, 0.3) is 0 Å². The first-order chi connectivity index (χ1) is 33.9. The Labute approximate surface area is 421 Å². The van der Waals surface area contributed by atoms with Crippen LogP contribution in [0.4, 0.5) is 4.79 Å². The van der Waals surface area contributed by atoms with E-state index in [0.29, 0.717) is 12.1 Å². The van der Waals surface area contributed by atoms with Crippen LogP contribution in [0.15, 0.2) is 47.1 Å². The van der Waals surface area contributed by atoms with Crippen LogP contribution >= 0.6 is 0 Å². The Balaban J connectivity index is 1.33. The molecule has 4 N–H and O–H groups in total. The van der Waals surface area contributed by atoms with Crippen LogP contribution in [0.3, 0.4) is 0 Å². The van der Waals surface area contributed by atoms with Gasteiger partial charge in [-0.15, -0.1) is 0 Å². The Bertz CT molecular complexity index is 2480. The van der Waals surface area contributed by atoms with Gasteiger partial charge >= 0.3 is 12.1 Å². The highest BCUT2D eigenvalue weighted by Gasteiger charge is 2.67. The van der Waals surface area contributed by atoms with E-state index in [0.717, 1.165) is 16.5 Å². The number of likely N-dealkylation sites (N-methyl/N-ethyl adjacent to an activating group) is 1. The van der Waals surface area contributed by atoms with E-state index in [2.05, 4.69) is 27.3 Å². The van der Waals surface area contributed by atoms with Crippen LogP contribution < -0.4 is 5.32 Å². The molecule has 4 aliphatic rings. The molecule has 0 saturated carbocycles. The molecule has 0 radical (unpaired) electrons. The Hall–Kier alpha value is -4.59. The average molecular weight is 1010 g/mol. The van der Waals surface area contributed by atoms with Crippen LogP contribution in [0.25, 0.3) is 22.2 Å². The third-order valence-electron chi connectivity index (χ3n) is 15.7. The summed E-state index contributed by atoms with van der Waals surface area (Å²) in [5, 5.41) is 43.4. The number of ether oxygens (including phenoxy) is 8. The summed E-state index contributed by atoms with van der Waals surface area (Å²) < 4.78 is 57.1. The number of cyclic esters (lactones) is 1. The lowest BCUT2D eigenvalue weighted by molar-refractivity contribution is -0.320. The van der Waals surface area contributed by atoms with E-state index in [9.17, 15) is 29.7 Å². The minimum absolute atomic E-state index is 0.0514. The number of carbonyl (C=O) groups excluding carboxylic acids is 3. The summed E-state index contributed by atoms with van der Waals surface area (Å²) >= 11 is 0. The Morgan fingerprint density at radius 2 is 1.68 bits per heavy atom. The normalized spacial score (nSPS) is 40.1. The monoisotopic (exact) mass is 1010 g/mol. The van der Waals surface area contributed by atoms with Crippen LogP contribution in [0.1, 0.15) is 101 Å². The van der Waals surface area contributed by atoms with Gasteiger partial charge in [0.05, 0.1) is 53.0 Å². The number of aliphatic hydroxyl groups is 3. The molecule has 396 valence electrons. The lowest BCUT2D eigenvalue weighted by Gasteiger charge is -2.50. The number of nitrogens with one attached hydrogen (secondary N) is 1. The Morgan fingerprint density at radius 1 is 0.958 bits per heavy atom. The van der Waals surface area contributed by atoms with Crippen molar-refractivity contribution in [3.8, 4) is 23.1 Å². The summed E-state index contributed by atoms with van der Waals surface area (Å²) in [5.74, 6) is 0.760. The van der Waals surface area contributed by atoms with Gasteiger partial charge in [0, 0.05) is 54.6 Å². The number of methoxy groups -OCH3 is 1. The first kappa shape index (κ1) is 55.2. The van der Waals surface area contributed by atoms with Crippen molar-refractivity contribution in [2.24, 2.45) is 23.7 Å². The molecule has 1 aromatic carbocycles. The molecular formula is C53H74N4O15. The number of aliphatic hydroxyl groups excluding tert-OH is 2. The summed E-state index contributed by atoms with van der Waals surface area (Å²) in [4.78, 5) is 49.4. The van der Waals surface area contributed by atoms with E-state index in [4.69, 9.17) is 42.4 Å². The van der Waals surface area contributed by atoms with Crippen molar-refractivity contribution in [2.75, 3.05) is 27.8 Å². The van der Waals surface area contributed by atoms with Crippen LogP contribution in [0.2, 0.25) is 0 Å². The van der Waals surface area contributed by atoms with Crippen molar-refractivity contribution in [2.45, 2.75) is 179 Å². The van der Waals surface area contributed by atoms with Crippen molar-refractivity contribution in [1.82, 2.24) is 20.4 Å². The van der Waals surface area contributed by atoms with Gasteiger partial charge < -0.3 is 62.6 Å². The topological polar surface area (TPSA) is 240 Å². The molecule has 6 heterocycles. The minimum Gasteiger partial charge on any atom is -0.458 e. The van der Waals surface area contributed by atoms with E-state index >= 15 is 0 Å². The molecule has 0 spiro atoms. The number of aromatic nitrogens is 2. The first-order valence-corrected chi connectivity index (χ1v) is 25.0. The first-order valence-electron chi connectivity index (χ1n) is 25.0. The highest BCUT2D eigenvalue weighted by atomic mass is 16.7. The van der Waals surface area contributed by atoms with Gasteiger partial charge in [-0.1, -0.05) is 57.0 Å². The zero-order chi connectivity index (χ0) is 52.7. The number of fused-ring (bicyclic) bond motifs is 2. The number of carbonyl (C=O) groups is 3. The number of esters is 1. The van der Waals surface area contributed by atoms with Crippen LogP contribution in [0.5, 0.6) is 0 Å². The standard InChI is InChI=1S/C53H74N4O15/c1-14-40-52(10)53(63,55-49(62)71-52)32(6)42(58)28(2)25-51(9,65-21-17-19-36-24-38(56-72-36)35-23-34-18-15-16-20-37(34)54-27-35)46(70-48-43(59)39(57(11)12)22-29(3)66-48)30(4)44(31(5)47(61)68-40)69-41-26-50(8,64-13)45(60)33(7)67-41/h15-16,18,20,23-24,27-33,39-41,43-46,48,59-60,63H,14,21-22,25-26H2,1-13H3,(H,55,62)/t28-,29-,30+,31-,32+,33?,39+,40-,41?,43-,44+,45?,46-,48+,50?,51-,52-,53?/m1/s1. The van der Waals surface area contributed by atoms with Gasteiger partial charge in [0.2, 0.25) is 5.76 Å². The largest absolute Gasteiger partial charge is 0.458 e. The number of nitrogens with zero attached hydrogens (tertiary/aromatic N) is 3. The third kappa shape index (κ3) is 10.8. The zero-order valence-electron chi connectivity index (χ0n) is 43.7. The second-order valence-corrected chi connectivity index (χ2v) is 21.2. The molecule has 4 saturated heterocycles. The Morgan fingerprint density at radius 3 is 2.38 bits per heavy atom. The number of ketones is 1. The molecule has 19 nitrogen and oxygen atoms in total. The number of hydrogen-bond acceptors (Lipinski definition) is 18. The molecular weight excluding hydrogens is 933 g/mol. The van der Waals surface area contributed by atoms with E-state index in [-0.39, 0.29) is 43.8 Å². The molecule has 0 bridgehead atoms. The highest BCUT2D eigenvalue weighted by molar-refractivity contribution is 5.86. The molecule has 7 rings (SSSR count). The van der Waals surface area contributed by atoms with E-state index in [1.54, 1.807) is 53.8 Å². The number of benzene rings is 1. The zero-order valence-corrected chi connectivity index (χ0v) is 43.7. The molecule has 1 amide bonds. The van der Waals surface area contributed by atoms with Crippen molar-refractivity contribution in [3.63, 3.8) is 0 Å². The highest BCUT2D eigenvalue weighted by Crippen LogP contribution is 2.46. The Kier molecular flexibility index (Phi) is 16.6. The molecule has 5 unspecified atom stereocenters. The predicted octanol–water partition coefficient (Wildman–Crippen LogP) is 5.14. The molecule has 4 fully saturated rings. The number of Topliss-reactive ketones (excluding diaryl/α,β-unsaturated/α-hetero) is 1. The van der Waals surface area contributed by atoms with Crippen LogP contribution in [-0.4, -0.2) is 160 Å². The summed E-state index contributed by atoms with van der Waals surface area (Å²) in [6.45, 7) is 16.6. The maximum atomic E-state index is 14.9. The quantitative estimate of drug-likeness (QED) is 0.152. The summed E-state index contributed by atoms with van der Waals surface area (Å²) in [5.41, 5.74) is -4.85. The molecule has 4 aliphatic heterocycles. The van der Waals surface area contributed by atoms with Crippen molar-refractivity contribution in [1.29, 1.82) is 0 Å². The number of hydrogen-bond donors (Lipinski definition) is 4. The maximum absolute atomic E-state index is 14.9. The number of pyridine rings is 1. The van der Waals surface area contributed by atoms with Crippen LogP contribution in [-0.2, 0) is 47.5 Å². The van der Waals surface area contributed by atoms with Crippen molar-refractivity contribution >= 4 is 28.7 Å². The predicted molar refractivity (Wildman–Crippen MR) is 260 cm³/mol.